The summed E-state index contributed by atoms with van der Waals surface area (Å²) in [5, 5.41) is 9.19. The Balaban J connectivity index is 1.13. The molecule has 1 heterocycles. The maximum atomic E-state index is 11.2. The van der Waals surface area contributed by atoms with Crippen molar-refractivity contribution in [2.45, 2.75) is 76.0 Å². The van der Waals surface area contributed by atoms with Gasteiger partial charge in [-0.25, -0.2) is 4.79 Å². The highest BCUT2D eigenvalue weighted by atomic mass is 16.5. The summed E-state index contributed by atoms with van der Waals surface area (Å²) in [5.41, 5.74) is 6.82. The van der Waals surface area contributed by atoms with Crippen LogP contribution in [0.15, 0.2) is 54.6 Å². The number of H-pyrrole nitrogens is 1. The van der Waals surface area contributed by atoms with Crippen molar-refractivity contribution in [3.05, 3.63) is 77.0 Å². The van der Waals surface area contributed by atoms with Gasteiger partial charge in [-0.2, -0.15) is 0 Å². The molecule has 8 rings (SSSR count). The first-order valence-corrected chi connectivity index (χ1v) is 14.7. The summed E-state index contributed by atoms with van der Waals surface area (Å²) in [7, 11) is 0. The number of benzene rings is 2. The summed E-state index contributed by atoms with van der Waals surface area (Å²) < 4.78 is 6.53. The van der Waals surface area contributed by atoms with Crippen LogP contribution in [-0.2, 0) is 11.8 Å². The van der Waals surface area contributed by atoms with E-state index in [2.05, 4.69) is 42.2 Å². The van der Waals surface area contributed by atoms with Crippen molar-refractivity contribution in [3.8, 4) is 17.0 Å². The first-order chi connectivity index (χ1) is 18.4. The number of aromatic amines is 1. The fraction of sp³-hybridized carbons (Fsp3) is 0.500. The average molecular weight is 510 g/mol. The van der Waals surface area contributed by atoms with Crippen LogP contribution in [-0.4, -0.2) is 22.7 Å². The summed E-state index contributed by atoms with van der Waals surface area (Å²) in [6.07, 6.45) is 12.1. The van der Waals surface area contributed by atoms with Crippen LogP contribution in [0.1, 0.15) is 91.4 Å². The number of hydrogen-bond donors (Lipinski definition) is 2. The third-order valence-corrected chi connectivity index (χ3v) is 10.0. The van der Waals surface area contributed by atoms with E-state index in [9.17, 15) is 9.90 Å². The van der Waals surface area contributed by atoms with Gasteiger partial charge in [0.25, 0.3) is 0 Å². The molecular weight excluding hydrogens is 470 g/mol. The highest BCUT2D eigenvalue weighted by molar-refractivity contribution is 5.88. The normalized spacial score (nSPS) is 28.4. The van der Waals surface area contributed by atoms with Crippen molar-refractivity contribution >= 4 is 5.97 Å². The predicted molar refractivity (Wildman–Crippen MR) is 150 cm³/mol. The molecule has 4 nitrogen and oxygen atoms in total. The minimum absolute atomic E-state index is 0.313. The van der Waals surface area contributed by atoms with Crippen molar-refractivity contribution in [2.24, 2.45) is 23.7 Å². The van der Waals surface area contributed by atoms with Crippen LogP contribution in [0.3, 0.4) is 0 Å². The molecule has 2 N–H and O–H groups in total. The predicted octanol–water partition coefficient (Wildman–Crippen LogP) is 7.98. The van der Waals surface area contributed by atoms with Gasteiger partial charge in [0.05, 0.1) is 12.2 Å². The molecule has 0 saturated heterocycles. The van der Waals surface area contributed by atoms with Crippen molar-refractivity contribution in [3.63, 3.8) is 0 Å². The molecule has 5 aliphatic carbocycles. The molecule has 5 saturated carbocycles. The van der Waals surface area contributed by atoms with Crippen LogP contribution < -0.4 is 4.74 Å². The lowest BCUT2D eigenvalue weighted by molar-refractivity contribution is -0.00646. The highest BCUT2D eigenvalue weighted by Gasteiger charge is 2.52. The third-order valence-electron chi connectivity index (χ3n) is 10.0. The lowest BCUT2D eigenvalue weighted by Gasteiger charge is -2.57. The Kier molecular flexibility index (Phi) is 5.90. The number of hydrogen-bond acceptors (Lipinski definition) is 2. The smallest absolute Gasteiger partial charge is 0.335 e. The first-order valence-electron chi connectivity index (χ1n) is 14.7. The molecule has 4 bridgehead atoms. The minimum Gasteiger partial charge on any atom is -0.493 e. The third kappa shape index (κ3) is 4.57. The van der Waals surface area contributed by atoms with E-state index in [4.69, 9.17) is 4.74 Å². The van der Waals surface area contributed by atoms with Crippen molar-refractivity contribution < 1.29 is 14.6 Å². The zero-order valence-electron chi connectivity index (χ0n) is 22.4. The van der Waals surface area contributed by atoms with Crippen LogP contribution in [0.5, 0.6) is 5.75 Å². The van der Waals surface area contributed by atoms with Crippen molar-refractivity contribution in [1.82, 2.24) is 4.98 Å². The number of nitrogens with one attached hydrogen (secondary N) is 1. The second-order valence-electron chi connectivity index (χ2n) is 13.1. The number of carboxylic acids is 1. The fourth-order valence-corrected chi connectivity index (χ4v) is 8.30. The summed E-state index contributed by atoms with van der Waals surface area (Å²) in [6, 6.07) is 18.5. The van der Waals surface area contributed by atoms with Crippen LogP contribution in [0.4, 0.5) is 0 Å². The zero-order valence-corrected chi connectivity index (χ0v) is 22.4. The molecule has 0 aliphatic heterocycles. The molecular formula is C34H39NO3. The van der Waals surface area contributed by atoms with E-state index in [1.807, 2.05) is 12.1 Å². The fourth-order valence-electron chi connectivity index (χ4n) is 8.30. The standard InChI is InChI=1S/C34H39NO3/c1-21(30-9-10-31(35-30)27-5-7-28(8-6-27)33(36)37)12-23-4-11-32(38-20-22-2-3-22)29(16-23)34-17-24-13-25(18-34)15-26(14-24)19-34/h4-11,16,21-22,24-26,35H,2-3,12-15,17-20H2,1H3,(H,36,37). The summed E-state index contributed by atoms with van der Waals surface area (Å²) in [4.78, 5) is 14.8. The van der Waals surface area contributed by atoms with E-state index in [1.165, 1.54) is 73.9 Å². The molecule has 1 atom stereocenters. The highest BCUT2D eigenvalue weighted by Crippen LogP contribution is 2.62. The number of carbonyl (C=O) groups is 1. The van der Waals surface area contributed by atoms with Crippen LogP contribution in [0.2, 0.25) is 0 Å². The molecule has 0 amide bonds. The lowest BCUT2D eigenvalue weighted by atomic mass is 9.48. The SMILES string of the molecule is CC(Cc1ccc(OCC2CC2)c(C23CC4CC(CC(C4)C2)C3)c1)c1ccc(-c2ccc(C(=O)O)cc2)[nH]1. The molecule has 38 heavy (non-hydrogen) atoms. The first kappa shape index (κ1) is 24.1. The van der Waals surface area contributed by atoms with Gasteiger partial charge in [-0.05, 0) is 128 Å². The van der Waals surface area contributed by atoms with Gasteiger partial charge in [-0.1, -0.05) is 31.2 Å². The van der Waals surface area contributed by atoms with E-state index in [-0.39, 0.29) is 0 Å². The number of aromatic carboxylic acids is 1. The summed E-state index contributed by atoms with van der Waals surface area (Å²) >= 11 is 0. The Morgan fingerprint density at radius 2 is 1.66 bits per heavy atom. The van der Waals surface area contributed by atoms with E-state index < -0.39 is 5.97 Å². The average Bonchev–Trinajstić information content (AvgIpc) is 3.60. The topological polar surface area (TPSA) is 62.3 Å². The van der Waals surface area contributed by atoms with Crippen LogP contribution >= 0.6 is 0 Å². The number of ether oxygens (including phenoxy) is 1. The van der Waals surface area contributed by atoms with Gasteiger partial charge in [0, 0.05) is 22.9 Å². The van der Waals surface area contributed by atoms with Gasteiger partial charge in [0.2, 0.25) is 0 Å². The molecule has 0 spiro atoms. The van der Waals surface area contributed by atoms with Gasteiger partial charge in [0.15, 0.2) is 0 Å². The van der Waals surface area contributed by atoms with Gasteiger partial charge >= 0.3 is 5.97 Å². The Morgan fingerprint density at radius 1 is 0.974 bits per heavy atom. The number of aromatic nitrogens is 1. The van der Waals surface area contributed by atoms with Crippen molar-refractivity contribution in [1.29, 1.82) is 0 Å². The number of carboxylic acid groups (broad SMARTS) is 1. The Hall–Kier alpha value is -3.01. The van der Waals surface area contributed by atoms with Gasteiger partial charge in [-0.15, -0.1) is 0 Å². The van der Waals surface area contributed by atoms with E-state index in [0.717, 1.165) is 48.0 Å². The molecule has 1 aromatic heterocycles. The molecule has 4 heteroatoms. The molecule has 0 radical (unpaired) electrons. The van der Waals surface area contributed by atoms with Gasteiger partial charge in [-0.3, -0.25) is 0 Å². The molecule has 1 unspecified atom stereocenters. The molecule has 5 fully saturated rings. The Morgan fingerprint density at radius 3 is 2.29 bits per heavy atom. The van der Waals surface area contributed by atoms with Gasteiger partial charge in [0.1, 0.15) is 5.75 Å². The maximum Gasteiger partial charge on any atom is 0.335 e. The molecule has 5 aliphatic rings. The van der Waals surface area contributed by atoms with E-state index in [1.54, 1.807) is 12.1 Å². The maximum absolute atomic E-state index is 11.2. The Labute approximate surface area is 225 Å². The second kappa shape index (κ2) is 9.32. The quantitative estimate of drug-likeness (QED) is 0.307. The summed E-state index contributed by atoms with van der Waals surface area (Å²) in [5.74, 6) is 4.15. The monoisotopic (exact) mass is 509 g/mol. The van der Waals surface area contributed by atoms with E-state index in [0.29, 0.717) is 16.9 Å². The largest absolute Gasteiger partial charge is 0.493 e. The van der Waals surface area contributed by atoms with E-state index >= 15 is 0 Å². The number of rotatable bonds is 9. The Bertz CT molecular complexity index is 1300. The van der Waals surface area contributed by atoms with Crippen molar-refractivity contribution in [2.75, 3.05) is 6.61 Å². The molecule has 3 aromatic rings. The second-order valence-corrected chi connectivity index (χ2v) is 13.1. The minimum atomic E-state index is -0.894. The zero-order chi connectivity index (χ0) is 25.9. The van der Waals surface area contributed by atoms with Gasteiger partial charge < -0.3 is 14.8 Å². The molecule has 198 valence electrons. The summed E-state index contributed by atoms with van der Waals surface area (Å²) in [6.45, 7) is 3.18. The van der Waals surface area contributed by atoms with Crippen LogP contribution in [0.25, 0.3) is 11.3 Å². The molecule has 2 aromatic carbocycles. The van der Waals surface area contributed by atoms with Crippen LogP contribution in [0, 0.1) is 23.7 Å². The lowest BCUT2D eigenvalue weighted by Crippen LogP contribution is -2.48.